The molecule has 5 fully saturated rings. The van der Waals surface area contributed by atoms with Gasteiger partial charge in [0.25, 0.3) is 0 Å². The summed E-state index contributed by atoms with van der Waals surface area (Å²) in [6.07, 6.45) is 22.6. The van der Waals surface area contributed by atoms with Crippen LogP contribution >= 0.6 is 0 Å². The molecule has 35 heavy (non-hydrogen) atoms. The minimum Gasteiger partial charge on any atom is -0.325 e. The molecule has 2 aromatic rings. The number of rotatable bonds is 4. The van der Waals surface area contributed by atoms with E-state index in [-0.39, 0.29) is 0 Å². The molecule has 4 bridgehead atoms. The number of hydrogen-bond acceptors (Lipinski definition) is 3. The number of benzene rings is 1. The second-order valence-electron chi connectivity index (χ2n) is 12.9. The van der Waals surface area contributed by atoms with Gasteiger partial charge in [0.1, 0.15) is 5.82 Å². The maximum Gasteiger partial charge on any atom is 0.111 e. The third-order valence-corrected chi connectivity index (χ3v) is 10.7. The highest BCUT2D eigenvalue weighted by atomic mass is 15.3. The van der Waals surface area contributed by atoms with E-state index in [0.29, 0.717) is 12.1 Å². The molecule has 0 unspecified atom stereocenters. The van der Waals surface area contributed by atoms with Gasteiger partial charge in [0.2, 0.25) is 0 Å². The quantitative estimate of drug-likeness (QED) is 0.539. The second-order valence-corrected chi connectivity index (χ2v) is 12.9. The van der Waals surface area contributed by atoms with Crippen LogP contribution in [0.2, 0.25) is 0 Å². The van der Waals surface area contributed by atoms with Crippen molar-refractivity contribution in [3.63, 3.8) is 0 Å². The summed E-state index contributed by atoms with van der Waals surface area (Å²) < 4.78 is 2.73. The number of fused-ring (bicyclic) bond motifs is 5. The van der Waals surface area contributed by atoms with E-state index in [1.807, 2.05) is 0 Å². The monoisotopic (exact) mass is 474 g/mol. The lowest BCUT2D eigenvalue weighted by molar-refractivity contribution is -0.0420. The first-order valence-corrected chi connectivity index (χ1v) is 15.3. The van der Waals surface area contributed by atoms with Crippen molar-refractivity contribution in [2.24, 2.45) is 11.8 Å². The minimum atomic E-state index is 0.601. The average Bonchev–Trinajstić information content (AvgIpc) is 3.14. The van der Waals surface area contributed by atoms with Gasteiger partial charge in [0.15, 0.2) is 0 Å². The Morgan fingerprint density at radius 2 is 1.46 bits per heavy atom. The SMILES string of the molecule is c1ccc2c(c1)nc(C[C@@H]1CCCCN1)n2[C@H]1C[C@H]2CCC[C@@H](C1)N2[C@@H]1C[C@@H]2CCCC[C@@H](C2)C1. The summed E-state index contributed by atoms with van der Waals surface area (Å²) in [5.74, 6) is 3.39. The van der Waals surface area contributed by atoms with Crippen molar-refractivity contribution in [2.75, 3.05) is 6.54 Å². The number of nitrogens with one attached hydrogen (secondary N) is 1. The van der Waals surface area contributed by atoms with Crippen LogP contribution in [0.25, 0.3) is 11.0 Å². The Morgan fingerprint density at radius 1 is 0.714 bits per heavy atom. The molecule has 1 N–H and O–H groups in total. The first kappa shape index (κ1) is 22.8. The molecule has 3 saturated heterocycles. The van der Waals surface area contributed by atoms with Gasteiger partial charge in [-0.15, -0.1) is 0 Å². The highest BCUT2D eigenvalue weighted by molar-refractivity contribution is 5.76. The second kappa shape index (κ2) is 9.82. The standard InChI is InChI=1S/C31H46N4/c1-2-9-23-16-22(8-1)17-27(18-23)34-25-11-7-12-26(34)21-28(20-25)35-30-14-4-3-13-29(30)33-31(35)19-24-10-5-6-15-32-24/h3-4,13-14,22-28,32H,1-2,5-12,15-21H2/t22-,23+,24-,25-,26+,27-,28+/m0/s1. The molecule has 3 aliphatic heterocycles. The lowest BCUT2D eigenvalue weighted by atomic mass is 9.73. The molecule has 4 nitrogen and oxygen atoms in total. The van der Waals surface area contributed by atoms with Crippen molar-refractivity contribution in [2.45, 2.75) is 133 Å². The molecule has 7 rings (SSSR count). The van der Waals surface area contributed by atoms with Crippen molar-refractivity contribution in [1.29, 1.82) is 0 Å². The normalized spacial score (nSPS) is 38.3. The molecule has 4 heterocycles. The molecule has 1 aromatic carbocycles. The van der Waals surface area contributed by atoms with Crippen LogP contribution in [0.3, 0.4) is 0 Å². The van der Waals surface area contributed by atoms with Gasteiger partial charge in [-0.3, -0.25) is 4.90 Å². The predicted molar refractivity (Wildman–Crippen MR) is 144 cm³/mol. The molecule has 7 atom stereocenters. The Hall–Kier alpha value is -1.39. The van der Waals surface area contributed by atoms with Gasteiger partial charge in [0, 0.05) is 36.6 Å². The molecule has 0 amide bonds. The Kier molecular flexibility index (Phi) is 6.39. The zero-order chi connectivity index (χ0) is 23.2. The summed E-state index contributed by atoms with van der Waals surface area (Å²) in [7, 11) is 0. The van der Waals surface area contributed by atoms with Crippen molar-refractivity contribution in [3.8, 4) is 0 Å². The zero-order valence-electron chi connectivity index (χ0n) is 21.7. The summed E-state index contributed by atoms with van der Waals surface area (Å²) in [5.41, 5.74) is 2.60. The number of nitrogens with zero attached hydrogens (tertiary/aromatic N) is 3. The van der Waals surface area contributed by atoms with Crippen molar-refractivity contribution < 1.29 is 0 Å². The van der Waals surface area contributed by atoms with Crippen LogP contribution in [0.15, 0.2) is 24.3 Å². The topological polar surface area (TPSA) is 33.1 Å². The van der Waals surface area contributed by atoms with E-state index in [0.717, 1.165) is 36.4 Å². The number of piperidine rings is 3. The first-order valence-electron chi connectivity index (χ1n) is 15.3. The van der Waals surface area contributed by atoms with Gasteiger partial charge in [-0.1, -0.05) is 50.7 Å². The average molecular weight is 475 g/mol. The van der Waals surface area contributed by atoms with Crippen LogP contribution in [0.4, 0.5) is 0 Å². The van der Waals surface area contributed by atoms with E-state index in [1.165, 1.54) is 113 Å². The van der Waals surface area contributed by atoms with E-state index in [2.05, 4.69) is 39.0 Å². The third-order valence-electron chi connectivity index (χ3n) is 10.7. The van der Waals surface area contributed by atoms with Gasteiger partial charge < -0.3 is 9.88 Å². The molecule has 1 aromatic heterocycles. The Labute approximate surface area is 212 Å². The summed E-state index contributed by atoms with van der Waals surface area (Å²) in [5, 5.41) is 3.79. The summed E-state index contributed by atoms with van der Waals surface area (Å²) >= 11 is 0. The highest BCUT2D eigenvalue weighted by Gasteiger charge is 2.45. The van der Waals surface area contributed by atoms with Crippen LogP contribution in [0, 0.1) is 11.8 Å². The Bertz CT molecular complexity index is 979. The van der Waals surface area contributed by atoms with Gasteiger partial charge in [0.05, 0.1) is 11.0 Å². The first-order chi connectivity index (χ1) is 17.3. The van der Waals surface area contributed by atoms with E-state index < -0.39 is 0 Å². The molecule has 4 heteroatoms. The minimum absolute atomic E-state index is 0.601. The van der Waals surface area contributed by atoms with Gasteiger partial charge in [-0.05, 0) is 88.3 Å². The molecule has 0 radical (unpaired) electrons. The summed E-state index contributed by atoms with van der Waals surface area (Å²) in [4.78, 5) is 8.36. The van der Waals surface area contributed by atoms with Crippen LogP contribution < -0.4 is 5.32 Å². The molecule has 2 saturated carbocycles. The number of hydrogen-bond donors (Lipinski definition) is 1. The Balaban J connectivity index is 1.16. The fourth-order valence-corrected chi connectivity index (χ4v) is 9.27. The van der Waals surface area contributed by atoms with E-state index >= 15 is 0 Å². The predicted octanol–water partition coefficient (Wildman–Crippen LogP) is 6.64. The van der Waals surface area contributed by atoms with Gasteiger partial charge >= 0.3 is 0 Å². The number of para-hydroxylation sites is 2. The Morgan fingerprint density at radius 3 is 2.20 bits per heavy atom. The maximum absolute atomic E-state index is 5.24. The van der Waals surface area contributed by atoms with Crippen LogP contribution in [0.1, 0.15) is 108 Å². The van der Waals surface area contributed by atoms with Crippen molar-refractivity contribution in [3.05, 3.63) is 30.1 Å². The van der Waals surface area contributed by atoms with E-state index in [4.69, 9.17) is 4.98 Å². The number of imidazole rings is 1. The smallest absolute Gasteiger partial charge is 0.111 e. The lowest BCUT2D eigenvalue weighted by Crippen LogP contribution is -2.58. The molecule has 0 spiro atoms. The summed E-state index contributed by atoms with van der Waals surface area (Å²) in [6, 6.07) is 12.7. The fraction of sp³-hybridized carbons (Fsp3) is 0.774. The molecule has 2 aliphatic carbocycles. The van der Waals surface area contributed by atoms with Crippen LogP contribution in [0.5, 0.6) is 0 Å². The van der Waals surface area contributed by atoms with Crippen LogP contribution in [-0.2, 0) is 6.42 Å². The maximum atomic E-state index is 5.24. The molecular weight excluding hydrogens is 428 g/mol. The van der Waals surface area contributed by atoms with E-state index in [1.54, 1.807) is 6.42 Å². The summed E-state index contributed by atoms with van der Waals surface area (Å²) in [6.45, 7) is 1.18. The van der Waals surface area contributed by atoms with Gasteiger partial charge in [-0.2, -0.15) is 0 Å². The largest absolute Gasteiger partial charge is 0.325 e. The lowest BCUT2D eigenvalue weighted by Gasteiger charge is -2.54. The third kappa shape index (κ3) is 4.48. The zero-order valence-corrected chi connectivity index (χ0v) is 21.7. The molecule has 190 valence electrons. The van der Waals surface area contributed by atoms with E-state index in [9.17, 15) is 0 Å². The fourth-order valence-electron chi connectivity index (χ4n) is 9.27. The van der Waals surface area contributed by atoms with Crippen LogP contribution in [-0.4, -0.2) is 45.2 Å². The van der Waals surface area contributed by atoms with Crippen molar-refractivity contribution in [1.82, 2.24) is 19.8 Å². The number of aromatic nitrogens is 2. The highest BCUT2D eigenvalue weighted by Crippen LogP contribution is 2.47. The molecular formula is C31H46N4. The molecule has 5 aliphatic rings. The van der Waals surface area contributed by atoms with Gasteiger partial charge in [-0.25, -0.2) is 4.98 Å². The van der Waals surface area contributed by atoms with Crippen molar-refractivity contribution >= 4 is 11.0 Å².